The standard InChI is InChI=1S/C9H19NO/c1-8(10-3)9(2)5-4-6-11-7-9/h8,10H,4-7H2,1-3H3. The molecule has 2 heteroatoms. The van der Waals surface area contributed by atoms with Gasteiger partial charge < -0.3 is 10.1 Å². The van der Waals surface area contributed by atoms with Gasteiger partial charge in [-0.1, -0.05) is 6.92 Å². The van der Waals surface area contributed by atoms with Crippen LogP contribution in [0, 0.1) is 5.41 Å². The molecular formula is C9H19NO. The van der Waals surface area contributed by atoms with Crippen LogP contribution >= 0.6 is 0 Å². The second-order valence-electron chi connectivity index (χ2n) is 3.82. The van der Waals surface area contributed by atoms with Crippen LogP contribution in [0.5, 0.6) is 0 Å². The van der Waals surface area contributed by atoms with Crippen molar-refractivity contribution >= 4 is 0 Å². The number of hydrogen-bond donors (Lipinski definition) is 1. The molecule has 1 rings (SSSR count). The van der Waals surface area contributed by atoms with E-state index in [0.717, 1.165) is 13.2 Å². The van der Waals surface area contributed by atoms with E-state index >= 15 is 0 Å². The van der Waals surface area contributed by atoms with Gasteiger partial charge in [-0.25, -0.2) is 0 Å². The molecule has 66 valence electrons. The lowest BCUT2D eigenvalue weighted by Gasteiger charge is -2.38. The monoisotopic (exact) mass is 157 g/mol. The molecule has 0 aromatic heterocycles. The van der Waals surface area contributed by atoms with Crippen LogP contribution in [0.1, 0.15) is 26.7 Å². The Morgan fingerprint density at radius 3 is 2.73 bits per heavy atom. The van der Waals surface area contributed by atoms with Crippen LogP contribution < -0.4 is 5.32 Å². The summed E-state index contributed by atoms with van der Waals surface area (Å²) in [6.45, 7) is 6.39. The SMILES string of the molecule is CNC(C)C1(C)CCCOC1. The van der Waals surface area contributed by atoms with Crippen LogP contribution in [-0.2, 0) is 4.74 Å². The van der Waals surface area contributed by atoms with Crippen molar-refractivity contribution in [1.82, 2.24) is 5.32 Å². The summed E-state index contributed by atoms with van der Waals surface area (Å²) in [7, 11) is 2.02. The zero-order valence-electron chi connectivity index (χ0n) is 7.81. The van der Waals surface area contributed by atoms with Gasteiger partial charge in [0.1, 0.15) is 0 Å². The lowest BCUT2D eigenvalue weighted by Crippen LogP contribution is -2.44. The summed E-state index contributed by atoms with van der Waals surface area (Å²) in [5.74, 6) is 0. The van der Waals surface area contributed by atoms with Gasteiger partial charge in [0.05, 0.1) is 6.61 Å². The molecule has 2 atom stereocenters. The zero-order valence-corrected chi connectivity index (χ0v) is 7.81. The fourth-order valence-corrected chi connectivity index (χ4v) is 1.65. The minimum atomic E-state index is 0.354. The van der Waals surface area contributed by atoms with Gasteiger partial charge in [-0.15, -0.1) is 0 Å². The normalized spacial score (nSPS) is 35.2. The summed E-state index contributed by atoms with van der Waals surface area (Å²) in [4.78, 5) is 0. The van der Waals surface area contributed by atoms with Crippen molar-refractivity contribution in [2.24, 2.45) is 5.41 Å². The van der Waals surface area contributed by atoms with E-state index in [-0.39, 0.29) is 0 Å². The number of hydrogen-bond acceptors (Lipinski definition) is 2. The molecule has 0 aromatic carbocycles. The van der Waals surface area contributed by atoms with Crippen LogP contribution in [0.4, 0.5) is 0 Å². The van der Waals surface area contributed by atoms with E-state index in [1.54, 1.807) is 0 Å². The minimum absolute atomic E-state index is 0.354. The van der Waals surface area contributed by atoms with Crippen molar-refractivity contribution in [3.05, 3.63) is 0 Å². The quantitative estimate of drug-likeness (QED) is 0.654. The number of nitrogens with one attached hydrogen (secondary N) is 1. The highest BCUT2D eigenvalue weighted by Crippen LogP contribution is 2.31. The molecule has 1 aliphatic rings. The van der Waals surface area contributed by atoms with E-state index in [2.05, 4.69) is 19.2 Å². The Labute approximate surface area is 69.3 Å². The van der Waals surface area contributed by atoms with Crippen LogP contribution in [-0.4, -0.2) is 26.3 Å². The van der Waals surface area contributed by atoms with Crippen LogP contribution in [0.2, 0.25) is 0 Å². The predicted molar refractivity (Wildman–Crippen MR) is 46.7 cm³/mol. The smallest absolute Gasteiger partial charge is 0.0534 e. The van der Waals surface area contributed by atoms with Gasteiger partial charge in [-0.3, -0.25) is 0 Å². The zero-order chi connectivity index (χ0) is 8.32. The maximum Gasteiger partial charge on any atom is 0.0534 e. The van der Waals surface area contributed by atoms with Crippen molar-refractivity contribution in [2.75, 3.05) is 20.3 Å². The van der Waals surface area contributed by atoms with Crippen LogP contribution in [0.25, 0.3) is 0 Å². The van der Waals surface area contributed by atoms with E-state index in [4.69, 9.17) is 4.74 Å². The molecule has 1 saturated heterocycles. The van der Waals surface area contributed by atoms with Gasteiger partial charge in [0, 0.05) is 18.1 Å². The highest BCUT2D eigenvalue weighted by molar-refractivity contribution is 4.85. The molecule has 0 aliphatic carbocycles. The van der Waals surface area contributed by atoms with Gasteiger partial charge in [0.25, 0.3) is 0 Å². The molecular weight excluding hydrogens is 138 g/mol. The number of ether oxygens (including phenoxy) is 1. The minimum Gasteiger partial charge on any atom is -0.381 e. The van der Waals surface area contributed by atoms with E-state index < -0.39 is 0 Å². The Hall–Kier alpha value is -0.0800. The van der Waals surface area contributed by atoms with Crippen molar-refractivity contribution in [3.8, 4) is 0 Å². The van der Waals surface area contributed by atoms with Gasteiger partial charge in [-0.2, -0.15) is 0 Å². The molecule has 0 radical (unpaired) electrons. The molecule has 1 heterocycles. The van der Waals surface area contributed by atoms with E-state index in [9.17, 15) is 0 Å². The van der Waals surface area contributed by atoms with Gasteiger partial charge >= 0.3 is 0 Å². The largest absolute Gasteiger partial charge is 0.381 e. The summed E-state index contributed by atoms with van der Waals surface area (Å²) < 4.78 is 5.47. The van der Waals surface area contributed by atoms with E-state index in [1.807, 2.05) is 7.05 Å². The van der Waals surface area contributed by atoms with Crippen molar-refractivity contribution in [1.29, 1.82) is 0 Å². The van der Waals surface area contributed by atoms with Crippen molar-refractivity contribution in [2.45, 2.75) is 32.7 Å². The summed E-state index contributed by atoms with van der Waals surface area (Å²) in [6, 6.07) is 0.558. The van der Waals surface area contributed by atoms with Crippen LogP contribution in [0.3, 0.4) is 0 Å². The molecule has 1 fully saturated rings. The maximum atomic E-state index is 5.47. The molecule has 0 amide bonds. The molecule has 0 aromatic rings. The number of rotatable bonds is 2. The summed E-state index contributed by atoms with van der Waals surface area (Å²) in [6.07, 6.45) is 2.50. The molecule has 1 aliphatic heterocycles. The second kappa shape index (κ2) is 3.55. The lowest BCUT2D eigenvalue weighted by atomic mass is 9.78. The molecule has 0 bridgehead atoms. The summed E-state index contributed by atoms with van der Waals surface area (Å²) in [5, 5.41) is 3.30. The average Bonchev–Trinajstić information content (AvgIpc) is 2.04. The summed E-state index contributed by atoms with van der Waals surface area (Å²) >= 11 is 0. The lowest BCUT2D eigenvalue weighted by molar-refractivity contribution is -0.0137. The molecule has 2 nitrogen and oxygen atoms in total. The van der Waals surface area contributed by atoms with Gasteiger partial charge in [0.15, 0.2) is 0 Å². The van der Waals surface area contributed by atoms with Crippen LogP contribution in [0.15, 0.2) is 0 Å². The highest BCUT2D eigenvalue weighted by atomic mass is 16.5. The molecule has 11 heavy (non-hydrogen) atoms. The molecule has 0 saturated carbocycles. The van der Waals surface area contributed by atoms with E-state index in [1.165, 1.54) is 12.8 Å². The first-order valence-electron chi connectivity index (χ1n) is 4.44. The van der Waals surface area contributed by atoms with Crippen molar-refractivity contribution < 1.29 is 4.74 Å². The topological polar surface area (TPSA) is 21.3 Å². The Kier molecular flexibility index (Phi) is 2.90. The predicted octanol–water partition coefficient (Wildman–Crippen LogP) is 1.41. The third-order valence-corrected chi connectivity index (χ3v) is 2.95. The Bertz CT molecular complexity index is 119. The third-order valence-electron chi connectivity index (χ3n) is 2.95. The van der Waals surface area contributed by atoms with E-state index in [0.29, 0.717) is 11.5 Å². The second-order valence-corrected chi connectivity index (χ2v) is 3.82. The Balaban J connectivity index is 2.49. The van der Waals surface area contributed by atoms with Gasteiger partial charge in [-0.05, 0) is 26.8 Å². The molecule has 2 unspecified atom stereocenters. The molecule has 0 spiro atoms. The first kappa shape index (κ1) is 9.01. The van der Waals surface area contributed by atoms with Crippen molar-refractivity contribution in [3.63, 3.8) is 0 Å². The first-order valence-corrected chi connectivity index (χ1v) is 4.44. The van der Waals surface area contributed by atoms with Gasteiger partial charge in [0.2, 0.25) is 0 Å². The third kappa shape index (κ3) is 1.94. The maximum absolute atomic E-state index is 5.47. The fourth-order valence-electron chi connectivity index (χ4n) is 1.65. The summed E-state index contributed by atoms with van der Waals surface area (Å²) in [5.41, 5.74) is 0.354. The molecule has 1 N–H and O–H groups in total. The Morgan fingerprint density at radius 1 is 1.55 bits per heavy atom. The Morgan fingerprint density at radius 2 is 2.27 bits per heavy atom. The highest BCUT2D eigenvalue weighted by Gasteiger charge is 2.32. The average molecular weight is 157 g/mol. The fraction of sp³-hybridized carbons (Fsp3) is 1.00. The first-order chi connectivity index (χ1) is 5.19.